The molecule has 0 radical (unpaired) electrons. The molecular formula is C10H24N2O2. The van der Waals surface area contributed by atoms with Crippen LogP contribution in [-0.2, 0) is 0 Å². The second-order valence-corrected chi connectivity index (χ2v) is 3.62. The van der Waals surface area contributed by atoms with E-state index >= 15 is 0 Å². The maximum absolute atomic E-state index is 9.47. The van der Waals surface area contributed by atoms with Gasteiger partial charge in [-0.15, -0.1) is 0 Å². The Morgan fingerprint density at radius 2 is 1.79 bits per heavy atom. The van der Waals surface area contributed by atoms with Gasteiger partial charge >= 0.3 is 0 Å². The predicted molar refractivity (Wildman–Crippen MR) is 58.1 cm³/mol. The third kappa shape index (κ3) is 8.44. The van der Waals surface area contributed by atoms with E-state index in [9.17, 15) is 10.2 Å². The van der Waals surface area contributed by atoms with Crippen molar-refractivity contribution in [3.05, 3.63) is 0 Å². The molecule has 14 heavy (non-hydrogen) atoms. The highest BCUT2D eigenvalue weighted by Crippen LogP contribution is 2.06. The molecule has 2 atom stereocenters. The largest absolute Gasteiger partial charge is 0.393 e. The van der Waals surface area contributed by atoms with Crippen molar-refractivity contribution in [2.24, 2.45) is 5.73 Å². The molecule has 2 unspecified atom stereocenters. The molecule has 4 nitrogen and oxygen atoms in total. The first kappa shape index (κ1) is 13.8. The number of aliphatic hydroxyl groups excluding tert-OH is 2. The minimum absolute atomic E-state index is 0.310. The molecule has 0 amide bonds. The van der Waals surface area contributed by atoms with E-state index in [2.05, 4.69) is 5.32 Å². The van der Waals surface area contributed by atoms with Gasteiger partial charge in [0.15, 0.2) is 0 Å². The first-order chi connectivity index (χ1) is 6.70. The van der Waals surface area contributed by atoms with E-state index in [4.69, 9.17) is 5.73 Å². The number of nitrogens with two attached hydrogens (primary N) is 1. The average molecular weight is 204 g/mol. The normalized spacial score (nSPS) is 15.4. The number of nitrogens with one attached hydrogen (secondary N) is 1. The van der Waals surface area contributed by atoms with Crippen LogP contribution in [0.3, 0.4) is 0 Å². The number of likely N-dealkylation sites (N-methyl/N-ethyl adjacent to an activating group) is 1. The van der Waals surface area contributed by atoms with Crippen molar-refractivity contribution in [2.45, 2.75) is 44.8 Å². The Labute approximate surface area is 86.5 Å². The topological polar surface area (TPSA) is 78.5 Å². The van der Waals surface area contributed by atoms with Crippen molar-refractivity contribution < 1.29 is 10.2 Å². The lowest BCUT2D eigenvalue weighted by atomic mass is 10.1. The molecule has 0 saturated carbocycles. The SMILES string of the molecule is CCNCC(O)CCC(O)CCCN. The van der Waals surface area contributed by atoms with Crippen LogP contribution in [0.5, 0.6) is 0 Å². The second-order valence-electron chi connectivity index (χ2n) is 3.62. The van der Waals surface area contributed by atoms with Crippen LogP contribution in [0.25, 0.3) is 0 Å². The van der Waals surface area contributed by atoms with E-state index in [-0.39, 0.29) is 12.2 Å². The molecule has 0 aliphatic heterocycles. The zero-order chi connectivity index (χ0) is 10.8. The Morgan fingerprint density at radius 3 is 2.36 bits per heavy atom. The van der Waals surface area contributed by atoms with Crippen LogP contribution in [-0.4, -0.2) is 42.1 Å². The van der Waals surface area contributed by atoms with E-state index in [1.807, 2.05) is 6.92 Å². The minimum Gasteiger partial charge on any atom is -0.393 e. The van der Waals surface area contributed by atoms with Crippen LogP contribution in [0.2, 0.25) is 0 Å². The zero-order valence-electron chi connectivity index (χ0n) is 9.08. The van der Waals surface area contributed by atoms with Crippen LogP contribution < -0.4 is 11.1 Å². The highest BCUT2D eigenvalue weighted by Gasteiger charge is 2.08. The van der Waals surface area contributed by atoms with Crippen LogP contribution in [0.1, 0.15) is 32.6 Å². The smallest absolute Gasteiger partial charge is 0.0665 e. The molecule has 0 bridgehead atoms. The summed E-state index contributed by atoms with van der Waals surface area (Å²) in [6, 6.07) is 0. The monoisotopic (exact) mass is 204 g/mol. The molecule has 0 fully saturated rings. The van der Waals surface area contributed by atoms with Gasteiger partial charge in [-0.1, -0.05) is 6.92 Å². The summed E-state index contributed by atoms with van der Waals surface area (Å²) in [6.07, 6.45) is 2.25. The van der Waals surface area contributed by atoms with Gasteiger partial charge in [0, 0.05) is 6.54 Å². The number of aliphatic hydroxyl groups is 2. The van der Waals surface area contributed by atoms with Crippen LogP contribution in [0, 0.1) is 0 Å². The van der Waals surface area contributed by atoms with Crippen molar-refractivity contribution in [1.82, 2.24) is 5.32 Å². The van der Waals surface area contributed by atoms with Gasteiger partial charge in [-0.2, -0.15) is 0 Å². The van der Waals surface area contributed by atoms with Crippen LogP contribution >= 0.6 is 0 Å². The fourth-order valence-electron chi connectivity index (χ4n) is 1.30. The van der Waals surface area contributed by atoms with Gasteiger partial charge in [-0.3, -0.25) is 0 Å². The molecule has 4 heteroatoms. The van der Waals surface area contributed by atoms with E-state index in [0.29, 0.717) is 25.9 Å². The Balaban J connectivity index is 3.31. The first-order valence-electron chi connectivity index (χ1n) is 5.47. The summed E-state index contributed by atoms with van der Waals surface area (Å²) < 4.78 is 0. The summed E-state index contributed by atoms with van der Waals surface area (Å²) in [6.45, 7) is 4.10. The summed E-state index contributed by atoms with van der Waals surface area (Å²) in [5, 5.41) is 22.0. The molecule has 0 aliphatic carbocycles. The van der Waals surface area contributed by atoms with Gasteiger partial charge in [0.25, 0.3) is 0 Å². The third-order valence-corrected chi connectivity index (χ3v) is 2.20. The lowest BCUT2D eigenvalue weighted by Crippen LogP contribution is -2.27. The fraction of sp³-hybridized carbons (Fsp3) is 1.00. The molecule has 0 aromatic rings. The van der Waals surface area contributed by atoms with Crippen molar-refractivity contribution in [3.63, 3.8) is 0 Å². The van der Waals surface area contributed by atoms with Gasteiger partial charge in [0.2, 0.25) is 0 Å². The molecule has 0 aliphatic rings. The number of hydrogen-bond acceptors (Lipinski definition) is 4. The van der Waals surface area contributed by atoms with Gasteiger partial charge in [-0.05, 0) is 38.8 Å². The number of hydrogen-bond donors (Lipinski definition) is 4. The van der Waals surface area contributed by atoms with E-state index in [1.165, 1.54) is 0 Å². The molecular weight excluding hydrogens is 180 g/mol. The van der Waals surface area contributed by atoms with Crippen LogP contribution in [0.15, 0.2) is 0 Å². The van der Waals surface area contributed by atoms with E-state index in [1.54, 1.807) is 0 Å². The Morgan fingerprint density at radius 1 is 1.14 bits per heavy atom. The summed E-state index contributed by atoms with van der Waals surface area (Å²) in [5.41, 5.74) is 5.33. The summed E-state index contributed by atoms with van der Waals surface area (Å²) in [7, 11) is 0. The lowest BCUT2D eigenvalue weighted by molar-refractivity contribution is 0.107. The maximum Gasteiger partial charge on any atom is 0.0665 e. The molecule has 0 heterocycles. The summed E-state index contributed by atoms with van der Waals surface area (Å²) >= 11 is 0. The van der Waals surface area contributed by atoms with Crippen molar-refractivity contribution >= 4 is 0 Å². The third-order valence-electron chi connectivity index (χ3n) is 2.20. The lowest BCUT2D eigenvalue weighted by Gasteiger charge is -2.14. The van der Waals surface area contributed by atoms with Gasteiger partial charge in [0.1, 0.15) is 0 Å². The summed E-state index contributed by atoms with van der Waals surface area (Å²) in [4.78, 5) is 0. The highest BCUT2D eigenvalue weighted by atomic mass is 16.3. The van der Waals surface area contributed by atoms with Gasteiger partial charge in [-0.25, -0.2) is 0 Å². The van der Waals surface area contributed by atoms with Crippen LogP contribution in [0.4, 0.5) is 0 Å². The Hall–Kier alpha value is -0.160. The van der Waals surface area contributed by atoms with Crippen molar-refractivity contribution in [2.75, 3.05) is 19.6 Å². The van der Waals surface area contributed by atoms with Crippen molar-refractivity contribution in [1.29, 1.82) is 0 Å². The Kier molecular flexibility index (Phi) is 9.29. The molecule has 0 rings (SSSR count). The average Bonchev–Trinajstić information content (AvgIpc) is 2.20. The second kappa shape index (κ2) is 9.40. The van der Waals surface area contributed by atoms with Gasteiger partial charge in [0.05, 0.1) is 12.2 Å². The van der Waals surface area contributed by atoms with Crippen molar-refractivity contribution in [3.8, 4) is 0 Å². The highest BCUT2D eigenvalue weighted by molar-refractivity contribution is 4.63. The standard InChI is InChI=1S/C10H24N2O2/c1-2-12-8-10(14)6-5-9(13)4-3-7-11/h9-10,12-14H,2-8,11H2,1H3. The quantitative estimate of drug-likeness (QED) is 0.421. The predicted octanol–water partition coefficient (Wildman–Crippen LogP) is -0.163. The first-order valence-corrected chi connectivity index (χ1v) is 5.47. The summed E-state index contributed by atoms with van der Waals surface area (Å²) in [5.74, 6) is 0. The number of rotatable bonds is 9. The zero-order valence-corrected chi connectivity index (χ0v) is 9.08. The van der Waals surface area contributed by atoms with E-state index in [0.717, 1.165) is 19.4 Å². The maximum atomic E-state index is 9.47. The molecule has 86 valence electrons. The minimum atomic E-state index is -0.345. The molecule has 0 spiro atoms. The molecule has 0 aromatic carbocycles. The van der Waals surface area contributed by atoms with Gasteiger partial charge < -0.3 is 21.3 Å². The molecule has 5 N–H and O–H groups in total. The Bertz CT molecular complexity index is 109. The fourth-order valence-corrected chi connectivity index (χ4v) is 1.30. The van der Waals surface area contributed by atoms with E-state index < -0.39 is 0 Å². The molecule has 0 aromatic heterocycles. The molecule has 0 saturated heterocycles.